The van der Waals surface area contributed by atoms with Crippen molar-refractivity contribution in [3.05, 3.63) is 53.5 Å². The largest absolute Gasteiger partial charge is 0.467 e. The maximum Gasteiger partial charge on any atom is 0.239 e. The van der Waals surface area contributed by atoms with E-state index in [0.717, 1.165) is 11.4 Å². The van der Waals surface area contributed by atoms with Crippen LogP contribution >= 0.6 is 0 Å². The van der Waals surface area contributed by atoms with Crippen molar-refractivity contribution in [3.63, 3.8) is 0 Å². The van der Waals surface area contributed by atoms with E-state index in [1.54, 1.807) is 6.26 Å². The molecule has 0 fully saturated rings. The number of aryl methyl sites for hydroxylation is 2. The summed E-state index contributed by atoms with van der Waals surface area (Å²) < 4.78 is 5.18. The monoisotopic (exact) mass is 272 g/mol. The van der Waals surface area contributed by atoms with Crippen molar-refractivity contribution >= 4 is 11.6 Å². The molecule has 1 amide bonds. The predicted molar refractivity (Wildman–Crippen MR) is 79.7 cm³/mol. The van der Waals surface area contributed by atoms with Crippen LogP contribution in [0.4, 0.5) is 5.69 Å². The van der Waals surface area contributed by atoms with Crippen molar-refractivity contribution in [2.24, 2.45) is 0 Å². The van der Waals surface area contributed by atoms with Crippen molar-refractivity contribution in [1.82, 2.24) is 5.32 Å². The van der Waals surface area contributed by atoms with Crippen molar-refractivity contribution in [2.75, 3.05) is 18.5 Å². The molecule has 1 N–H and O–H groups in total. The number of rotatable bonds is 5. The third-order valence-electron chi connectivity index (χ3n) is 3.07. The van der Waals surface area contributed by atoms with Crippen LogP contribution in [0, 0.1) is 13.8 Å². The van der Waals surface area contributed by atoms with E-state index in [9.17, 15) is 4.79 Å². The minimum atomic E-state index is -0.0249. The van der Waals surface area contributed by atoms with E-state index in [2.05, 4.69) is 37.4 Å². The molecule has 4 heteroatoms. The van der Waals surface area contributed by atoms with Gasteiger partial charge in [-0.3, -0.25) is 4.79 Å². The molecule has 0 aliphatic carbocycles. The van der Waals surface area contributed by atoms with Gasteiger partial charge in [-0.15, -0.1) is 0 Å². The Morgan fingerprint density at radius 2 is 1.95 bits per heavy atom. The van der Waals surface area contributed by atoms with Crippen LogP contribution in [0.5, 0.6) is 0 Å². The second-order valence-electron chi connectivity index (χ2n) is 5.06. The fraction of sp³-hybridized carbons (Fsp3) is 0.312. The second kappa shape index (κ2) is 6.28. The molecule has 0 saturated carbocycles. The summed E-state index contributed by atoms with van der Waals surface area (Å²) in [4.78, 5) is 13.8. The molecule has 0 spiro atoms. The molecule has 0 radical (unpaired) electrons. The topological polar surface area (TPSA) is 45.5 Å². The lowest BCUT2D eigenvalue weighted by Crippen LogP contribution is -2.34. The van der Waals surface area contributed by atoms with E-state index in [1.807, 2.05) is 24.1 Å². The molecule has 2 aromatic rings. The van der Waals surface area contributed by atoms with Gasteiger partial charge in [-0.25, -0.2) is 0 Å². The lowest BCUT2D eigenvalue weighted by Gasteiger charge is -2.19. The van der Waals surface area contributed by atoms with Crippen LogP contribution in [0.25, 0.3) is 0 Å². The number of furan rings is 1. The van der Waals surface area contributed by atoms with Crippen molar-refractivity contribution in [2.45, 2.75) is 20.4 Å². The molecule has 0 saturated heterocycles. The Bertz CT molecular complexity index is 556. The van der Waals surface area contributed by atoms with E-state index in [4.69, 9.17) is 4.42 Å². The molecule has 20 heavy (non-hydrogen) atoms. The summed E-state index contributed by atoms with van der Waals surface area (Å²) in [6.07, 6.45) is 1.60. The lowest BCUT2D eigenvalue weighted by molar-refractivity contribution is -0.119. The quantitative estimate of drug-likeness (QED) is 0.910. The van der Waals surface area contributed by atoms with Crippen LogP contribution in [0.2, 0.25) is 0 Å². The molecule has 106 valence electrons. The highest BCUT2D eigenvalue weighted by Gasteiger charge is 2.08. The van der Waals surface area contributed by atoms with Gasteiger partial charge in [0.05, 0.1) is 19.4 Å². The van der Waals surface area contributed by atoms with Gasteiger partial charge in [-0.2, -0.15) is 0 Å². The molecule has 4 nitrogen and oxygen atoms in total. The van der Waals surface area contributed by atoms with Gasteiger partial charge in [0, 0.05) is 12.7 Å². The highest BCUT2D eigenvalue weighted by molar-refractivity contribution is 5.81. The maximum atomic E-state index is 11.9. The van der Waals surface area contributed by atoms with Crippen LogP contribution in [-0.2, 0) is 11.3 Å². The highest BCUT2D eigenvalue weighted by Crippen LogP contribution is 2.17. The van der Waals surface area contributed by atoms with Crippen molar-refractivity contribution < 1.29 is 9.21 Å². The molecule has 0 unspecified atom stereocenters. The number of carbonyl (C=O) groups is 1. The molecule has 1 aromatic carbocycles. The Hall–Kier alpha value is -2.23. The molecule has 2 rings (SSSR count). The average Bonchev–Trinajstić information content (AvgIpc) is 2.88. The second-order valence-corrected chi connectivity index (χ2v) is 5.06. The lowest BCUT2D eigenvalue weighted by atomic mass is 10.1. The Balaban J connectivity index is 1.90. The Morgan fingerprint density at radius 1 is 1.25 bits per heavy atom. The molecule has 0 atom stereocenters. The Morgan fingerprint density at radius 3 is 2.55 bits per heavy atom. The molecule has 0 aliphatic rings. The van der Waals surface area contributed by atoms with Gasteiger partial charge >= 0.3 is 0 Å². The van der Waals surface area contributed by atoms with E-state index >= 15 is 0 Å². The minimum Gasteiger partial charge on any atom is -0.467 e. The van der Waals surface area contributed by atoms with Crippen molar-refractivity contribution in [1.29, 1.82) is 0 Å². The molecule has 1 aromatic heterocycles. The molecule has 0 aliphatic heterocycles. The van der Waals surface area contributed by atoms with Gasteiger partial charge < -0.3 is 14.6 Å². The number of hydrogen-bond acceptors (Lipinski definition) is 3. The smallest absolute Gasteiger partial charge is 0.239 e. The van der Waals surface area contributed by atoms with Gasteiger partial charge in [0.2, 0.25) is 5.91 Å². The Labute approximate surface area is 119 Å². The number of benzene rings is 1. The van der Waals surface area contributed by atoms with Crippen LogP contribution < -0.4 is 10.2 Å². The summed E-state index contributed by atoms with van der Waals surface area (Å²) in [7, 11) is 1.92. The van der Waals surface area contributed by atoms with E-state index in [0.29, 0.717) is 13.1 Å². The Kier molecular flexibility index (Phi) is 4.45. The number of hydrogen-bond donors (Lipinski definition) is 1. The normalized spacial score (nSPS) is 10.3. The average molecular weight is 272 g/mol. The number of nitrogens with one attached hydrogen (secondary N) is 1. The van der Waals surface area contributed by atoms with E-state index in [1.165, 1.54) is 11.1 Å². The van der Waals surface area contributed by atoms with Crippen LogP contribution in [0.3, 0.4) is 0 Å². The van der Waals surface area contributed by atoms with Crippen LogP contribution in [0.1, 0.15) is 16.9 Å². The first kappa shape index (κ1) is 14.2. The minimum absolute atomic E-state index is 0.0249. The van der Waals surface area contributed by atoms with Gasteiger partial charge in [-0.05, 0) is 49.2 Å². The van der Waals surface area contributed by atoms with Gasteiger partial charge in [0.1, 0.15) is 5.76 Å². The molecule has 1 heterocycles. The summed E-state index contributed by atoms with van der Waals surface area (Å²) in [5, 5.41) is 2.84. The molecular formula is C16H20N2O2. The third kappa shape index (κ3) is 3.88. The van der Waals surface area contributed by atoms with Gasteiger partial charge in [0.15, 0.2) is 0 Å². The standard InChI is InChI=1S/C16H20N2O2/c1-12-7-13(2)9-14(8-12)18(3)11-16(19)17-10-15-5-4-6-20-15/h4-9H,10-11H2,1-3H3,(H,17,19). The van der Waals surface area contributed by atoms with E-state index < -0.39 is 0 Å². The summed E-state index contributed by atoms with van der Waals surface area (Å²) in [5.74, 6) is 0.732. The summed E-state index contributed by atoms with van der Waals surface area (Å²) in [5.41, 5.74) is 3.45. The fourth-order valence-electron chi connectivity index (χ4n) is 2.13. The predicted octanol–water partition coefficient (Wildman–Crippen LogP) is 2.65. The number of likely N-dealkylation sites (N-methyl/N-ethyl adjacent to an activating group) is 1. The number of carbonyl (C=O) groups excluding carboxylic acids is 1. The number of amides is 1. The number of anilines is 1. The summed E-state index contributed by atoms with van der Waals surface area (Å²) in [6, 6.07) is 9.92. The van der Waals surface area contributed by atoms with Gasteiger partial charge in [-0.1, -0.05) is 6.07 Å². The zero-order valence-corrected chi connectivity index (χ0v) is 12.1. The maximum absolute atomic E-state index is 11.9. The number of nitrogens with zero attached hydrogens (tertiary/aromatic N) is 1. The first-order valence-corrected chi connectivity index (χ1v) is 6.63. The SMILES string of the molecule is Cc1cc(C)cc(N(C)CC(=O)NCc2ccco2)c1. The molecule has 0 bridgehead atoms. The summed E-state index contributed by atoms with van der Waals surface area (Å²) >= 11 is 0. The van der Waals surface area contributed by atoms with E-state index in [-0.39, 0.29) is 5.91 Å². The highest BCUT2D eigenvalue weighted by atomic mass is 16.3. The first-order valence-electron chi connectivity index (χ1n) is 6.63. The zero-order valence-electron chi connectivity index (χ0n) is 12.1. The zero-order chi connectivity index (χ0) is 14.5. The molecular weight excluding hydrogens is 252 g/mol. The van der Waals surface area contributed by atoms with Gasteiger partial charge in [0.25, 0.3) is 0 Å². The first-order chi connectivity index (χ1) is 9.54. The van der Waals surface area contributed by atoms with Crippen molar-refractivity contribution in [3.8, 4) is 0 Å². The fourth-order valence-corrected chi connectivity index (χ4v) is 2.13. The third-order valence-corrected chi connectivity index (χ3v) is 3.07. The van der Waals surface area contributed by atoms with Crippen LogP contribution in [-0.4, -0.2) is 19.5 Å². The summed E-state index contributed by atoms with van der Waals surface area (Å²) in [6.45, 7) is 4.86. The van der Waals surface area contributed by atoms with Crippen LogP contribution in [0.15, 0.2) is 41.0 Å².